The van der Waals surface area contributed by atoms with Crippen LogP contribution in [0.2, 0.25) is 4.34 Å². The highest BCUT2D eigenvalue weighted by Gasteiger charge is 2.00. The highest BCUT2D eigenvalue weighted by molar-refractivity contribution is 7.16. The molecule has 0 radical (unpaired) electrons. The third-order valence-corrected chi connectivity index (χ3v) is 3.58. The van der Waals surface area contributed by atoms with Crippen molar-refractivity contribution in [2.24, 2.45) is 7.05 Å². The molecule has 0 amide bonds. The van der Waals surface area contributed by atoms with E-state index < -0.39 is 0 Å². The minimum atomic E-state index is 0.794. The van der Waals surface area contributed by atoms with Crippen molar-refractivity contribution in [1.29, 1.82) is 0 Å². The van der Waals surface area contributed by atoms with Gasteiger partial charge in [-0.3, -0.25) is 4.68 Å². The molecule has 0 saturated carbocycles. The summed E-state index contributed by atoms with van der Waals surface area (Å²) in [5.41, 5.74) is 1.09. The fraction of sp³-hybridized carbons (Fsp3) is 0.400. The van der Waals surface area contributed by atoms with Crippen LogP contribution in [0.15, 0.2) is 18.3 Å². The maximum atomic E-state index is 5.85. The van der Waals surface area contributed by atoms with Crippen LogP contribution in [0.5, 0.6) is 0 Å². The molecule has 2 heterocycles. The zero-order valence-electron chi connectivity index (χ0n) is 8.98. The first-order valence-corrected chi connectivity index (χ1v) is 6.23. The summed E-state index contributed by atoms with van der Waals surface area (Å²) in [4.78, 5) is 1.31. The molecule has 6 heteroatoms. The quantitative estimate of drug-likeness (QED) is 0.831. The lowest BCUT2D eigenvalue weighted by molar-refractivity contribution is 0.618. The van der Waals surface area contributed by atoms with Crippen molar-refractivity contribution >= 4 is 22.9 Å². The van der Waals surface area contributed by atoms with Gasteiger partial charge >= 0.3 is 0 Å². The Morgan fingerprint density at radius 1 is 1.50 bits per heavy atom. The van der Waals surface area contributed by atoms with Gasteiger partial charge in [-0.1, -0.05) is 16.8 Å². The SMILES string of the molecule is Cn1nncc1CNCCc1ccc(Cl)s1. The highest BCUT2D eigenvalue weighted by Crippen LogP contribution is 2.21. The Morgan fingerprint density at radius 2 is 2.38 bits per heavy atom. The zero-order chi connectivity index (χ0) is 11.4. The lowest BCUT2D eigenvalue weighted by Gasteiger charge is -2.02. The third kappa shape index (κ3) is 3.04. The van der Waals surface area contributed by atoms with Crippen LogP contribution in [0.3, 0.4) is 0 Å². The van der Waals surface area contributed by atoms with Crippen LogP contribution in [-0.4, -0.2) is 21.5 Å². The summed E-state index contributed by atoms with van der Waals surface area (Å²) in [7, 11) is 1.89. The van der Waals surface area contributed by atoms with Crippen LogP contribution in [-0.2, 0) is 20.0 Å². The second-order valence-electron chi connectivity index (χ2n) is 3.48. The van der Waals surface area contributed by atoms with Crippen molar-refractivity contribution in [2.45, 2.75) is 13.0 Å². The highest BCUT2D eigenvalue weighted by atomic mass is 35.5. The van der Waals surface area contributed by atoms with Gasteiger partial charge in [-0.15, -0.1) is 16.4 Å². The number of halogens is 1. The molecule has 0 spiro atoms. The van der Waals surface area contributed by atoms with Crippen LogP contribution in [0.25, 0.3) is 0 Å². The monoisotopic (exact) mass is 256 g/mol. The molecule has 2 rings (SSSR count). The number of nitrogens with one attached hydrogen (secondary N) is 1. The second kappa shape index (κ2) is 5.43. The molecule has 0 bridgehead atoms. The second-order valence-corrected chi connectivity index (χ2v) is 5.28. The van der Waals surface area contributed by atoms with Gasteiger partial charge in [-0.2, -0.15) is 0 Å². The summed E-state index contributed by atoms with van der Waals surface area (Å²) in [6.07, 6.45) is 2.78. The van der Waals surface area contributed by atoms with Crippen molar-refractivity contribution < 1.29 is 0 Å². The van der Waals surface area contributed by atoms with Gasteiger partial charge in [-0.25, -0.2) is 0 Å². The van der Waals surface area contributed by atoms with Gasteiger partial charge in [-0.05, 0) is 18.6 Å². The molecular weight excluding hydrogens is 244 g/mol. The van der Waals surface area contributed by atoms with Gasteiger partial charge < -0.3 is 5.32 Å². The van der Waals surface area contributed by atoms with E-state index in [1.165, 1.54) is 4.88 Å². The lowest BCUT2D eigenvalue weighted by atomic mass is 10.3. The predicted molar refractivity (Wildman–Crippen MR) is 65.7 cm³/mol. The van der Waals surface area contributed by atoms with E-state index in [-0.39, 0.29) is 0 Å². The Balaban J connectivity index is 1.71. The minimum Gasteiger partial charge on any atom is -0.311 e. The summed E-state index contributed by atoms with van der Waals surface area (Å²) in [5, 5.41) is 11.0. The standard InChI is InChI=1S/C10H13ClN4S/c1-15-8(7-13-14-15)6-12-5-4-9-2-3-10(11)16-9/h2-3,7,12H,4-6H2,1H3. The first-order chi connectivity index (χ1) is 7.75. The Bertz CT molecular complexity index is 451. The summed E-state index contributed by atoms with van der Waals surface area (Å²) in [5.74, 6) is 0. The van der Waals surface area contributed by atoms with E-state index in [1.807, 2.05) is 13.1 Å². The zero-order valence-corrected chi connectivity index (χ0v) is 10.6. The topological polar surface area (TPSA) is 42.7 Å². The van der Waals surface area contributed by atoms with Crippen molar-refractivity contribution in [2.75, 3.05) is 6.54 Å². The Hall–Kier alpha value is -0.910. The van der Waals surface area contributed by atoms with Crippen molar-refractivity contribution in [3.05, 3.63) is 33.2 Å². The number of aromatic nitrogens is 3. The molecule has 0 aromatic carbocycles. The molecular formula is C10H13ClN4S. The molecule has 0 aliphatic carbocycles. The first-order valence-electron chi connectivity index (χ1n) is 5.04. The van der Waals surface area contributed by atoms with Crippen LogP contribution in [0.1, 0.15) is 10.6 Å². The molecule has 0 unspecified atom stereocenters. The van der Waals surface area contributed by atoms with Crippen molar-refractivity contribution in [3.63, 3.8) is 0 Å². The molecule has 2 aromatic heterocycles. The summed E-state index contributed by atoms with van der Waals surface area (Å²) in [6.45, 7) is 1.73. The van der Waals surface area contributed by atoms with E-state index in [9.17, 15) is 0 Å². The molecule has 0 atom stereocenters. The predicted octanol–water partition coefficient (Wildman–Crippen LogP) is 1.86. The van der Waals surface area contributed by atoms with E-state index in [2.05, 4.69) is 21.7 Å². The minimum absolute atomic E-state index is 0.794. The van der Waals surface area contributed by atoms with E-state index in [1.54, 1.807) is 22.2 Å². The summed E-state index contributed by atoms with van der Waals surface area (Å²) < 4.78 is 2.63. The van der Waals surface area contributed by atoms with Crippen LogP contribution >= 0.6 is 22.9 Å². The Labute approximate surface area is 103 Å². The molecule has 86 valence electrons. The number of hydrogen-bond donors (Lipinski definition) is 1. The smallest absolute Gasteiger partial charge is 0.0931 e. The fourth-order valence-electron chi connectivity index (χ4n) is 1.39. The third-order valence-electron chi connectivity index (χ3n) is 2.29. The molecule has 4 nitrogen and oxygen atoms in total. The average Bonchev–Trinajstić information content (AvgIpc) is 2.83. The van der Waals surface area contributed by atoms with Crippen LogP contribution in [0, 0.1) is 0 Å². The number of nitrogens with zero attached hydrogens (tertiary/aromatic N) is 3. The van der Waals surface area contributed by atoms with Crippen molar-refractivity contribution in [3.8, 4) is 0 Å². The molecule has 2 aromatic rings. The Kier molecular flexibility index (Phi) is 3.93. The van der Waals surface area contributed by atoms with Crippen molar-refractivity contribution in [1.82, 2.24) is 20.3 Å². The molecule has 1 N–H and O–H groups in total. The summed E-state index contributed by atoms with van der Waals surface area (Å²) >= 11 is 7.49. The Morgan fingerprint density at radius 3 is 3.00 bits per heavy atom. The molecule has 0 aliphatic rings. The van der Waals surface area contributed by atoms with Gasteiger partial charge in [0.05, 0.1) is 16.2 Å². The maximum absolute atomic E-state index is 5.85. The summed E-state index contributed by atoms with van der Waals surface area (Å²) in [6, 6.07) is 4.01. The van der Waals surface area contributed by atoms with Crippen LogP contribution in [0.4, 0.5) is 0 Å². The van der Waals surface area contributed by atoms with E-state index >= 15 is 0 Å². The van der Waals surface area contributed by atoms with Gasteiger partial charge in [0.1, 0.15) is 0 Å². The van der Waals surface area contributed by atoms with E-state index in [0.29, 0.717) is 0 Å². The van der Waals surface area contributed by atoms with Gasteiger partial charge in [0, 0.05) is 25.0 Å². The van der Waals surface area contributed by atoms with E-state index in [4.69, 9.17) is 11.6 Å². The molecule has 16 heavy (non-hydrogen) atoms. The van der Waals surface area contributed by atoms with Gasteiger partial charge in [0.2, 0.25) is 0 Å². The number of thiophene rings is 1. The van der Waals surface area contributed by atoms with Crippen LogP contribution < -0.4 is 5.32 Å². The van der Waals surface area contributed by atoms with Gasteiger partial charge in [0.25, 0.3) is 0 Å². The molecule has 0 fully saturated rings. The molecule has 0 aliphatic heterocycles. The fourth-order valence-corrected chi connectivity index (χ4v) is 2.47. The van der Waals surface area contributed by atoms with E-state index in [0.717, 1.165) is 29.5 Å². The van der Waals surface area contributed by atoms with Gasteiger partial charge in [0.15, 0.2) is 0 Å². The first kappa shape index (κ1) is 11.6. The molecule has 0 saturated heterocycles. The largest absolute Gasteiger partial charge is 0.311 e. The number of aryl methyl sites for hydroxylation is 1. The number of hydrogen-bond acceptors (Lipinski definition) is 4. The lowest BCUT2D eigenvalue weighted by Crippen LogP contribution is -2.18. The maximum Gasteiger partial charge on any atom is 0.0931 e. The average molecular weight is 257 g/mol. The normalized spacial score (nSPS) is 10.9. The number of rotatable bonds is 5.